The molecule has 5 rings (SSSR count). The molecule has 0 bridgehead atoms. The fraction of sp³-hybridized carbons (Fsp3) is 0.179. The summed E-state index contributed by atoms with van der Waals surface area (Å²) < 4.78 is 2.10. The maximum atomic E-state index is 11.7. The number of thiocarbonyl (C=S) groups is 1. The van der Waals surface area contributed by atoms with Gasteiger partial charge in [0, 0.05) is 29.0 Å². The Kier molecular flexibility index (Phi) is 5.97. The first-order valence-corrected chi connectivity index (χ1v) is 12.0. The van der Waals surface area contributed by atoms with Crippen molar-refractivity contribution in [2.75, 3.05) is 4.90 Å². The van der Waals surface area contributed by atoms with Gasteiger partial charge in [-0.05, 0) is 98.7 Å². The number of hydrogen-bond donors (Lipinski definition) is 3. The highest BCUT2D eigenvalue weighted by Crippen LogP contribution is 2.44. The van der Waals surface area contributed by atoms with E-state index in [-0.39, 0.29) is 23.4 Å². The minimum absolute atomic E-state index is 0.182. The number of aromatic carboxylic acids is 1. The van der Waals surface area contributed by atoms with Crippen LogP contribution < -0.4 is 10.2 Å². The number of pyridine rings is 1. The van der Waals surface area contributed by atoms with Gasteiger partial charge >= 0.3 is 5.97 Å². The van der Waals surface area contributed by atoms with Crippen LogP contribution in [0.5, 0.6) is 5.75 Å². The lowest BCUT2D eigenvalue weighted by Crippen LogP contribution is -2.29. The topological polar surface area (TPSA) is 90.6 Å². The van der Waals surface area contributed by atoms with Crippen LogP contribution in [-0.2, 0) is 0 Å². The number of benzene rings is 2. The fourth-order valence-corrected chi connectivity index (χ4v) is 5.35. The number of rotatable bonds is 5. The molecule has 36 heavy (non-hydrogen) atoms. The molecule has 2 aromatic carbocycles. The van der Waals surface area contributed by atoms with Crippen LogP contribution in [0.4, 0.5) is 5.69 Å². The maximum Gasteiger partial charge on any atom is 0.335 e. The van der Waals surface area contributed by atoms with Gasteiger partial charge in [0.2, 0.25) is 0 Å². The number of carboxylic acids is 1. The minimum Gasteiger partial charge on any atom is -0.508 e. The summed E-state index contributed by atoms with van der Waals surface area (Å²) in [6.07, 6.45) is 1.77. The Morgan fingerprint density at radius 2 is 1.78 bits per heavy atom. The molecule has 8 heteroatoms. The van der Waals surface area contributed by atoms with Crippen molar-refractivity contribution < 1.29 is 15.0 Å². The third-order valence-electron chi connectivity index (χ3n) is 6.71. The van der Waals surface area contributed by atoms with Gasteiger partial charge in [-0.1, -0.05) is 12.1 Å². The molecule has 1 aliphatic heterocycles. The highest BCUT2D eigenvalue weighted by Gasteiger charge is 2.42. The van der Waals surface area contributed by atoms with E-state index in [0.29, 0.717) is 5.11 Å². The standard InChI is InChI=1S/C28H26N4O3S/c1-16-7-8-19(27(34)35)15-24(16)31-17(2)14-22(18(31)3)26-25(23-6-4-5-13-29-23)30-28(36)32(26)20-9-11-21(33)12-10-20/h4-15,25-26,33H,1-3H3,(H,30,36)(H,34,35)/t25-,26-/m0/s1. The summed E-state index contributed by atoms with van der Waals surface area (Å²) in [4.78, 5) is 18.3. The molecule has 3 N–H and O–H groups in total. The van der Waals surface area contributed by atoms with E-state index in [1.165, 1.54) is 0 Å². The molecule has 0 aliphatic carbocycles. The van der Waals surface area contributed by atoms with Gasteiger partial charge in [-0.25, -0.2) is 4.79 Å². The number of phenolic OH excluding ortho intramolecular Hbond substituents is 1. The van der Waals surface area contributed by atoms with E-state index in [0.717, 1.165) is 39.6 Å². The van der Waals surface area contributed by atoms with E-state index in [1.807, 2.05) is 57.2 Å². The van der Waals surface area contributed by atoms with Crippen molar-refractivity contribution in [3.05, 3.63) is 107 Å². The van der Waals surface area contributed by atoms with Crippen LogP contribution >= 0.6 is 12.2 Å². The Labute approximate surface area is 214 Å². The van der Waals surface area contributed by atoms with E-state index in [2.05, 4.69) is 25.8 Å². The van der Waals surface area contributed by atoms with Gasteiger partial charge in [-0.3, -0.25) is 4.98 Å². The summed E-state index contributed by atoms with van der Waals surface area (Å²) in [6, 6.07) is 19.7. The molecule has 7 nitrogen and oxygen atoms in total. The van der Waals surface area contributed by atoms with Crippen LogP contribution in [0.3, 0.4) is 0 Å². The zero-order valence-corrected chi connectivity index (χ0v) is 21.0. The molecule has 1 fully saturated rings. The molecule has 1 saturated heterocycles. The Morgan fingerprint density at radius 1 is 1.03 bits per heavy atom. The van der Waals surface area contributed by atoms with Crippen molar-refractivity contribution in [1.82, 2.24) is 14.9 Å². The highest BCUT2D eigenvalue weighted by molar-refractivity contribution is 7.80. The maximum absolute atomic E-state index is 11.7. The molecule has 2 aromatic heterocycles. The predicted molar refractivity (Wildman–Crippen MR) is 143 cm³/mol. The third kappa shape index (κ3) is 3.99. The van der Waals surface area contributed by atoms with Gasteiger partial charge in [0.05, 0.1) is 23.3 Å². The molecule has 0 radical (unpaired) electrons. The van der Waals surface area contributed by atoms with Crippen LogP contribution in [0.15, 0.2) is 72.9 Å². The molecular formula is C28H26N4O3S. The molecule has 0 saturated carbocycles. The summed E-state index contributed by atoms with van der Waals surface area (Å²) in [6.45, 7) is 6.04. The Hall–Kier alpha value is -4.17. The molecule has 2 atom stereocenters. The number of aromatic hydroxyl groups is 1. The number of carbonyl (C=O) groups is 1. The van der Waals surface area contributed by atoms with Crippen LogP contribution in [0, 0.1) is 20.8 Å². The Bertz CT molecular complexity index is 1460. The van der Waals surface area contributed by atoms with Gasteiger partial charge in [-0.2, -0.15) is 0 Å². The summed E-state index contributed by atoms with van der Waals surface area (Å²) >= 11 is 5.80. The molecule has 1 aliphatic rings. The lowest BCUT2D eigenvalue weighted by molar-refractivity contribution is 0.0697. The van der Waals surface area contributed by atoms with E-state index in [4.69, 9.17) is 12.2 Å². The van der Waals surface area contributed by atoms with Crippen LogP contribution in [0.2, 0.25) is 0 Å². The number of carboxylic acid groups (broad SMARTS) is 1. The molecule has 0 spiro atoms. The van der Waals surface area contributed by atoms with Crippen molar-refractivity contribution in [2.24, 2.45) is 0 Å². The number of aromatic nitrogens is 2. The lowest BCUT2D eigenvalue weighted by atomic mass is 9.96. The smallest absolute Gasteiger partial charge is 0.335 e. The minimum atomic E-state index is -0.960. The second-order valence-electron chi connectivity index (χ2n) is 8.98. The second kappa shape index (κ2) is 9.13. The average molecular weight is 499 g/mol. The Morgan fingerprint density at radius 3 is 2.44 bits per heavy atom. The molecule has 182 valence electrons. The zero-order chi connectivity index (χ0) is 25.6. The molecule has 4 aromatic rings. The van der Waals surface area contributed by atoms with E-state index >= 15 is 0 Å². The first kappa shape index (κ1) is 23.6. The van der Waals surface area contributed by atoms with Crippen molar-refractivity contribution >= 4 is 29.0 Å². The number of aryl methyl sites for hydroxylation is 2. The lowest BCUT2D eigenvalue weighted by Gasteiger charge is -2.28. The molecule has 3 heterocycles. The predicted octanol–water partition coefficient (Wildman–Crippen LogP) is 5.38. The third-order valence-corrected chi connectivity index (χ3v) is 7.03. The second-order valence-corrected chi connectivity index (χ2v) is 9.37. The number of phenols is 1. The van der Waals surface area contributed by atoms with Crippen LogP contribution in [0.1, 0.15) is 50.7 Å². The summed E-state index contributed by atoms with van der Waals surface area (Å²) in [5.41, 5.74) is 6.77. The number of anilines is 1. The monoisotopic (exact) mass is 498 g/mol. The summed E-state index contributed by atoms with van der Waals surface area (Å²) in [5, 5.41) is 23.4. The largest absolute Gasteiger partial charge is 0.508 e. The van der Waals surface area contributed by atoms with Crippen LogP contribution in [-0.4, -0.2) is 30.8 Å². The van der Waals surface area contributed by atoms with E-state index < -0.39 is 5.97 Å². The van der Waals surface area contributed by atoms with Gasteiger partial charge in [-0.15, -0.1) is 0 Å². The van der Waals surface area contributed by atoms with Gasteiger partial charge in [0.1, 0.15) is 5.75 Å². The zero-order valence-electron chi connectivity index (χ0n) is 20.1. The van der Waals surface area contributed by atoms with E-state index in [9.17, 15) is 15.0 Å². The fourth-order valence-electron chi connectivity index (χ4n) is 5.00. The molecule has 0 unspecified atom stereocenters. The normalized spacial score (nSPS) is 17.3. The Balaban J connectivity index is 1.69. The van der Waals surface area contributed by atoms with Crippen molar-refractivity contribution in [2.45, 2.75) is 32.9 Å². The average Bonchev–Trinajstić information content (AvgIpc) is 3.35. The number of hydrogen-bond acceptors (Lipinski definition) is 4. The van der Waals surface area contributed by atoms with Crippen LogP contribution in [0.25, 0.3) is 5.69 Å². The number of nitrogens with zero attached hydrogens (tertiary/aromatic N) is 3. The summed E-state index contributed by atoms with van der Waals surface area (Å²) in [7, 11) is 0. The number of nitrogens with one attached hydrogen (secondary N) is 1. The first-order valence-electron chi connectivity index (χ1n) is 11.6. The van der Waals surface area contributed by atoms with E-state index in [1.54, 1.807) is 30.5 Å². The van der Waals surface area contributed by atoms with Crippen molar-refractivity contribution in [3.8, 4) is 11.4 Å². The van der Waals surface area contributed by atoms with Crippen molar-refractivity contribution in [3.63, 3.8) is 0 Å². The SMILES string of the molecule is Cc1ccc(C(=O)O)cc1-n1c(C)cc([C@H]2[C@H](c3ccccn3)NC(=S)N2c2ccc(O)cc2)c1C. The van der Waals surface area contributed by atoms with Gasteiger partial charge in [0.25, 0.3) is 0 Å². The van der Waals surface area contributed by atoms with Crippen molar-refractivity contribution in [1.29, 1.82) is 0 Å². The first-order chi connectivity index (χ1) is 17.3. The quantitative estimate of drug-likeness (QED) is 0.318. The van der Waals surface area contributed by atoms with Gasteiger partial charge < -0.3 is 25.0 Å². The molecular weight excluding hydrogens is 472 g/mol. The summed E-state index contributed by atoms with van der Waals surface area (Å²) in [5.74, 6) is -0.778. The van der Waals surface area contributed by atoms with Gasteiger partial charge in [0.15, 0.2) is 5.11 Å². The molecule has 0 amide bonds. The highest BCUT2D eigenvalue weighted by atomic mass is 32.1.